The van der Waals surface area contributed by atoms with Crippen molar-refractivity contribution in [3.05, 3.63) is 98.1 Å². The molecule has 0 N–H and O–H groups in total. The van der Waals surface area contributed by atoms with Crippen LogP contribution < -0.4 is 9.47 Å². The normalized spacial score (nSPS) is 14.7. The van der Waals surface area contributed by atoms with Crippen LogP contribution >= 0.6 is 35.0 Å². The van der Waals surface area contributed by atoms with Crippen molar-refractivity contribution in [3.63, 3.8) is 0 Å². The molecule has 1 aliphatic heterocycles. The maximum absolute atomic E-state index is 13.9. The smallest absolute Gasteiger partial charge is 0.293 e. The molecule has 174 valence electrons. The lowest BCUT2D eigenvalue weighted by atomic mass is 10.1. The fraction of sp³-hybridized carbons (Fsp3) is 0.120. The van der Waals surface area contributed by atoms with Gasteiger partial charge in [0.25, 0.3) is 11.1 Å². The van der Waals surface area contributed by atoms with Crippen LogP contribution in [0.2, 0.25) is 10.0 Å². The van der Waals surface area contributed by atoms with E-state index in [1.165, 1.54) is 13.2 Å². The van der Waals surface area contributed by atoms with Crippen molar-refractivity contribution < 1.29 is 23.5 Å². The first-order chi connectivity index (χ1) is 16.4. The number of nitrogens with zero attached hydrogens (tertiary/aromatic N) is 1. The summed E-state index contributed by atoms with van der Waals surface area (Å²) in [5.74, 6) is 0.0448. The van der Waals surface area contributed by atoms with E-state index in [1.54, 1.807) is 60.7 Å². The van der Waals surface area contributed by atoms with Crippen LogP contribution in [0.5, 0.6) is 11.5 Å². The molecule has 4 rings (SSSR count). The molecule has 1 fully saturated rings. The minimum absolute atomic E-state index is 0.00482. The number of methoxy groups -OCH3 is 1. The van der Waals surface area contributed by atoms with E-state index in [0.717, 1.165) is 16.7 Å². The first kappa shape index (κ1) is 24.1. The lowest BCUT2D eigenvalue weighted by Crippen LogP contribution is -2.27. The Labute approximate surface area is 210 Å². The molecule has 0 saturated carbocycles. The molecule has 0 atom stereocenters. The SMILES string of the molecule is COc1ccc(/C=C2\SC(=O)N(Cc3ccc(Cl)cc3Cl)C2=O)cc1OCc1ccccc1F. The van der Waals surface area contributed by atoms with E-state index in [4.69, 9.17) is 32.7 Å². The summed E-state index contributed by atoms with van der Waals surface area (Å²) in [6.07, 6.45) is 1.60. The van der Waals surface area contributed by atoms with Crippen LogP contribution in [0.3, 0.4) is 0 Å². The minimum atomic E-state index is -0.425. The second kappa shape index (κ2) is 10.5. The number of benzene rings is 3. The molecular weight excluding hydrogens is 500 g/mol. The fourth-order valence-corrected chi connectivity index (χ4v) is 4.58. The molecule has 2 amide bonds. The van der Waals surface area contributed by atoms with Crippen molar-refractivity contribution in [2.45, 2.75) is 13.2 Å². The largest absolute Gasteiger partial charge is 0.493 e. The molecule has 1 saturated heterocycles. The minimum Gasteiger partial charge on any atom is -0.493 e. The summed E-state index contributed by atoms with van der Waals surface area (Å²) in [5.41, 5.74) is 1.64. The van der Waals surface area contributed by atoms with E-state index in [-0.39, 0.29) is 23.9 Å². The summed E-state index contributed by atoms with van der Waals surface area (Å²) in [6, 6.07) is 16.3. The predicted octanol–water partition coefficient (Wildman–Crippen LogP) is 6.96. The van der Waals surface area contributed by atoms with Gasteiger partial charge in [0.15, 0.2) is 11.5 Å². The Bertz CT molecular complexity index is 1300. The van der Waals surface area contributed by atoms with E-state index in [2.05, 4.69) is 0 Å². The van der Waals surface area contributed by atoms with Crippen molar-refractivity contribution in [2.75, 3.05) is 7.11 Å². The van der Waals surface area contributed by atoms with Crippen LogP contribution in [0.15, 0.2) is 65.6 Å². The molecular formula is C25H18Cl2FNO4S. The number of amides is 2. The van der Waals surface area contributed by atoms with E-state index in [0.29, 0.717) is 38.2 Å². The molecule has 3 aromatic rings. The van der Waals surface area contributed by atoms with Crippen LogP contribution in [0.25, 0.3) is 6.08 Å². The van der Waals surface area contributed by atoms with Crippen LogP contribution in [0, 0.1) is 5.82 Å². The molecule has 0 bridgehead atoms. The van der Waals surface area contributed by atoms with E-state index in [9.17, 15) is 14.0 Å². The third kappa shape index (κ3) is 5.38. The average molecular weight is 518 g/mol. The Kier molecular flexibility index (Phi) is 7.46. The highest BCUT2D eigenvalue weighted by molar-refractivity contribution is 8.18. The number of imide groups is 1. The topological polar surface area (TPSA) is 55.8 Å². The zero-order chi connectivity index (χ0) is 24.2. The maximum atomic E-state index is 13.9. The second-order valence-corrected chi connectivity index (χ2v) is 9.13. The summed E-state index contributed by atoms with van der Waals surface area (Å²) in [6.45, 7) is 0.0441. The van der Waals surface area contributed by atoms with Gasteiger partial charge in [0.1, 0.15) is 12.4 Å². The number of hydrogen-bond acceptors (Lipinski definition) is 5. The molecule has 0 radical (unpaired) electrons. The highest BCUT2D eigenvalue weighted by Gasteiger charge is 2.35. The van der Waals surface area contributed by atoms with Gasteiger partial charge >= 0.3 is 0 Å². The summed E-state index contributed by atoms with van der Waals surface area (Å²) in [5, 5.41) is 0.449. The van der Waals surface area contributed by atoms with Crippen LogP contribution in [0.1, 0.15) is 16.7 Å². The van der Waals surface area contributed by atoms with Gasteiger partial charge in [0, 0.05) is 15.6 Å². The van der Waals surface area contributed by atoms with Gasteiger partial charge < -0.3 is 9.47 Å². The molecule has 3 aromatic carbocycles. The van der Waals surface area contributed by atoms with Gasteiger partial charge in [-0.3, -0.25) is 14.5 Å². The number of rotatable bonds is 7. The summed E-state index contributed by atoms with van der Waals surface area (Å²) >= 11 is 13.0. The average Bonchev–Trinajstić information content (AvgIpc) is 3.07. The Morgan fingerprint density at radius 2 is 1.79 bits per heavy atom. The quantitative estimate of drug-likeness (QED) is 0.317. The summed E-state index contributed by atoms with van der Waals surface area (Å²) < 4.78 is 25.0. The lowest BCUT2D eigenvalue weighted by Gasteiger charge is -2.14. The number of halogens is 3. The monoisotopic (exact) mass is 517 g/mol. The van der Waals surface area contributed by atoms with Crippen molar-refractivity contribution in [3.8, 4) is 11.5 Å². The van der Waals surface area contributed by atoms with E-state index in [1.807, 2.05) is 0 Å². The zero-order valence-corrected chi connectivity index (χ0v) is 20.2. The van der Waals surface area contributed by atoms with Crippen molar-refractivity contribution in [1.82, 2.24) is 4.90 Å². The Morgan fingerprint density at radius 3 is 2.53 bits per heavy atom. The molecule has 0 aromatic heterocycles. The molecule has 5 nitrogen and oxygen atoms in total. The van der Waals surface area contributed by atoms with Gasteiger partial charge in [-0.05, 0) is 59.3 Å². The lowest BCUT2D eigenvalue weighted by molar-refractivity contribution is -0.123. The van der Waals surface area contributed by atoms with E-state index < -0.39 is 11.1 Å². The molecule has 34 heavy (non-hydrogen) atoms. The Balaban J connectivity index is 1.54. The van der Waals surface area contributed by atoms with Gasteiger partial charge in [0.2, 0.25) is 0 Å². The van der Waals surface area contributed by atoms with E-state index >= 15 is 0 Å². The zero-order valence-electron chi connectivity index (χ0n) is 17.9. The Hall–Kier alpha value is -3.00. The first-order valence-corrected chi connectivity index (χ1v) is 11.7. The van der Waals surface area contributed by atoms with Gasteiger partial charge in [-0.1, -0.05) is 53.5 Å². The molecule has 0 unspecified atom stereocenters. The first-order valence-electron chi connectivity index (χ1n) is 10.1. The highest BCUT2D eigenvalue weighted by atomic mass is 35.5. The molecule has 0 aliphatic carbocycles. The summed E-state index contributed by atoms with van der Waals surface area (Å²) in [7, 11) is 1.50. The number of hydrogen-bond donors (Lipinski definition) is 0. The van der Waals surface area contributed by atoms with Gasteiger partial charge in [-0.25, -0.2) is 4.39 Å². The number of ether oxygens (including phenoxy) is 2. The maximum Gasteiger partial charge on any atom is 0.293 e. The van der Waals surface area contributed by atoms with Gasteiger partial charge in [0.05, 0.1) is 18.6 Å². The molecule has 1 heterocycles. The number of thioether (sulfide) groups is 1. The highest BCUT2D eigenvalue weighted by Crippen LogP contribution is 2.36. The van der Waals surface area contributed by atoms with Crippen molar-refractivity contribution in [2.24, 2.45) is 0 Å². The molecule has 9 heteroatoms. The van der Waals surface area contributed by atoms with Crippen LogP contribution in [-0.4, -0.2) is 23.2 Å². The second-order valence-electron chi connectivity index (χ2n) is 7.29. The van der Waals surface area contributed by atoms with Crippen LogP contribution in [-0.2, 0) is 17.9 Å². The molecule has 1 aliphatic rings. The van der Waals surface area contributed by atoms with Gasteiger partial charge in [-0.2, -0.15) is 0 Å². The predicted molar refractivity (Wildman–Crippen MR) is 132 cm³/mol. The van der Waals surface area contributed by atoms with Crippen molar-refractivity contribution >= 4 is 52.2 Å². The van der Waals surface area contributed by atoms with Crippen LogP contribution in [0.4, 0.5) is 9.18 Å². The number of carbonyl (C=O) groups excluding carboxylic acids is 2. The molecule has 0 spiro atoms. The standard InChI is InChI=1S/C25H18Cl2FNO4S/c1-32-21-9-6-15(10-22(21)33-14-17-4-2-3-5-20(17)28)11-23-24(30)29(25(31)34-23)13-16-7-8-18(26)12-19(16)27/h2-12H,13-14H2,1H3/b23-11-. The van der Waals surface area contributed by atoms with Crippen molar-refractivity contribution in [1.29, 1.82) is 0 Å². The third-order valence-electron chi connectivity index (χ3n) is 5.04. The number of carbonyl (C=O) groups is 2. The Morgan fingerprint density at radius 1 is 1.00 bits per heavy atom. The third-order valence-corrected chi connectivity index (χ3v) is 6.54. The summed E-state index contributed by atoms with van der Waals surface area (Å²) in [4.78, 5) is 26.8. The fourth-order valence-electron chi connectivity index (χ4n) is 3.27. The van der Waals surface area contributed by atoms with Gasteiger partial charge in [-0.15, -0.1) is 0 Å².